The van der Waals surface area contributed by atoms with Gasteiger partial charge in [0.1, 0.15) is 5.82 Å². The molecule has 3 aromatic carbocycles. The summed E-state index contributed by atoms with van der Waals surface area (Å²) in [6.45, 7) is 3.10. The SMILES string of the molecule is CCn1c2ccccc2c2cc(-c3nc4ccc(C(=O)N(C)C)cc4[nH]3)ccc21. The normalized spacial score (nSPS) is 11.6. The van der Waals surface area contributed by atoms with Gasteiger partial charge in [-0.05, 0) is 49.4 Å². The number of aromatic nitrogens is 3. The molecule has 0 spiro atoms. The van der Waals surface area contributed by atoms with E-state index >= 15 is 0 Å². The number of imidazole rings is 1. The summed E-state index contributed by atoms with van der Waals surface area (Å²) in [5.74, 6) is 0.793. The maximum absolute atomic E-state index is 12.3. The Morgan fingerprint density at radius 1 is 1.00 bits per heavy atom. The zero-order valence-electron chi connectivity index (χ0n) is 16.7. The molecule has 0 radical (unpaired) electrons. The summed E-state index contributed by atoms with van der Waals surface area (Å²) in [5, 5.41) is 2.48. The highest BCUT2D eigenvalue weighted by molar-refractivity contribution is 6.09. The quantitative estimate of drug-likeness (QED) is 0.474. The third-order valence-electron chi connectivity index (χ3n) is 5.50. The molecule has 5 aromatic rings. The van der Waals surface area contributed by atoms with Crippen LogP contribution in [0.2, 0.25) is 0 Å². The monoisotopic (exact) mass is 382 g/mol. The van der Waals surface area contributed by atoms with Crippen molar-refractivity contribution in [2.45, 2.75) is 13.5 Å². The average molecular weight is 382 g/mol. The number of para-hydroxylation sites is 1. The van der Waals surface area contributed by atoms with E-state index in [9.17, 15) is 4.79 Å². The molecule has 0 aliphatic carbocycles. The number of aryl methyl sites for hydroxylation is 1. The minimum Gasteiger partial charge on any atom is -0.345 e. The standard InChI is InChI=1S/C24H22N4O/c1-4-28-21-8-6-5-7-17(21)18-13-15(10-12-22(18)28)23-25-19-11-9-16(14-20(19)26-23)24(29)27(2)3/h5-14H,4H2,1-3H3,(H,25,26). The number of aromatic amines is 1. The number of nitrogens with zero attached hydrogens (tertiary/aromatic N) is 3. The molecule has 0 aliphatic rings. The molecule has 5 rings (SSSR count). The number of fused-ring (bicyclic) bond motifs is 4. The van der Waals surface area contributed by atoms with Crippen molar-refractivity contribution in [3.8, 4) is 11.4 Å². The van der Waals surface area contributed by atoms with Crippen LogP contribution in [0.3, 0.4) is 0 Å². The Kier molecular flexibility index (Phi) is 3.91. The Bertz CT molecular complexity index is 1390. The van der Waals surface area contributed by atoms with Crippen LogP contribution in [0.25, 0.3) is 44.2 Å². The maximum Gasteiger partial charge on any atom is 0.253 e. The first-order chi connectivity index (χ1) is 14.1. The Balaban J connectivity index is 1.66. The first-order valence-electron chi connectivity index (χ1n) is 9.79. The van der Waals surface area contributed by atoms with E-state index in [4.69, 9.17) is 4.98 Å². The van der Waals surface area contributed by atoms with Crippen molar-refractivity contribution in [1.82, 2.24) is 19.4 Å². The largest absolute Gasteiger partial charge is 0.345 e. The van der Waals surface area contributed by atoms with Crippen LogP contribution >= 0.6 is 0 Å². The van der Waals surface area contributed by atoms with Crippen LogP contribution < -0.4 is 0 Å². The van der Waals surface area contributed by atoms with Crippen molar-refractivity contribution in [2.75, 3.05) is 14.1 Å². The molecule has 0 saturated carbocycles. The number of hydrogen-bond acceptors (Lipinski definition) is 2. The van der Waals surface area contributed by atoms with E-state index in [1.807, 2.05) is 18.2 Å². The van der Waals surface area contributed by atoms with Gasteiger partial charge in [0.25, 0.3) is 5.91 Å². The van der Waals surface area contributed by atoms with Gasteiger partial charge in [-0.1, -0.05) is 18.2 Å². The predicted octanol–water partition coefficient (Wildman–Crippen LogP) is 5.06. The van der Waals surface area contributed by atoms with Gasteiger partial charge in [0.15, 0.2) is 0 Å². The van der Waals surface area contributed by atoms with Gasteiger partial charge in [0, 0.05) is 53.6 Å². The lowest BCUT2D eigenvalue weighted by Crippen LogP contribution is -2.21. The zero-order chi connectivity index (χ0) is 20.1. The van der Waals surface area contributed by atoms with Crippen molar-refractivity contribution in [2.24, 2.45) is 0 Å². The highest BCUT2D eigenvalue weighted by Crippen LogP contribution is 2.32. The van der Waals surface area contributed by atoms with Gasteiger partial charge in [0.2, 0.25) is 0 Å². The fourth-order valence-electron chi connectivity index (χ4n) is 4.08. The third-order valence-corrected chi connectivity index (χ3v) is 5.50. The van der Waals surface area contributed by atoms with E-state index in [1.165, 1.54) is 21.8 Å². The highest BCUT2D eigenvalue weighted by atomic mass is 16.2. The molecule has 1 amide bonds. The molecule has 0 atom stereocenters. The summed E-state index contributed by atoms with van der Waals surface area (Å²) in [4.78, 5) is 22.0. The van der Waals surface area contributed by atoms with Gasteiger partial charge in [-0.15, -0.1) is 0 Å². The lowest BCUT2D eigenvalue weighted by Gasteiger charge is -2.09. The number of H-pyrrole nitrogens is 1. The second-order valence-electron chi connectivity index (χ2n) is 7.51. The lowest BCUT2D eigenvalue weighted by atomic mass is 10.1. The van der Waals surface area contributed by atoms with Crippen LogP contribution in [-0.4, -0.2) is 39.4 Å². The lowest BCUT2D eigenvalue weighted by molar-refractivity contribution is 0.0827. The molecule has 2 aromatic heterocycles. The summed E-state index contributed by atoms with van der Waals surface area (Å²) in [5.41, 5.74) is 5.88. The molecule has 0 fully saturated rings. The molecule has 0 bridgehead atoms. The molecular weight excluding hydrogens is 360 g/mol. The number of nitrogens with one attached hydrogen (secondary N) is 1. The zero-order valence-corrected chi connectivity index (χ0v) is 16.7. The van der Waals surface area contributed by atoms with Gasteiger partial charge < -0.3 is 14.5 Å². The topological polar surface area (TPSA) is 53.9 Å². The van der Waals surface area contributed by atoms with E-state index in [0.29, 0.717) is 5.56 Å². The summed E-state index contributed by atoms with van der Waals surface area (Å²) in [6, 6.07) is 20.6. The second-order valence-corrected chi connectivity index (χ2v) is 7.51. The van der Waals surface area contributed by atoms with Gasteiger partial charge in [-0.3, -0.25) is 4.79 Å². The van der Waals surface area contributed by atoms with Crippen molar-refractivity contribution in [1.29, 1.82) is 0 Å². The first-order valence-corrected chi connectivity index (χ1v) is 9.79. The predicted molar refractivity (Wildman–Crippen MR) is 118 cm³/mol. The van der Waals surface area contributed by atoms with Crippen molar-refractivity contribution < 1.29 is 4.79 Å². The number of rotatable bonds is 3. The van der Waals surface area contributed by atoms with Gasteiger partial charge in [0.05, 0.1) is 11.0 Å². The number of carbonyl (C=O) groups is 1. The van der Waals surface area contributed by atoms with Crippen LogP contribution in [-0.2, 0) is 6.54 Å². The highest BCUT2D eigenvalue weighted by Gasteiger charge is 2.14. The van der Waals surface area contributed by atoms with Crippen LogP contribution in [0.5, 0.6) is 0 Å². The van der Waals surface area contributed by atoms with Crippen LogP contribution in [0.4, 0.5) is 0 Å². The minimum absolute atomic E-state index is 0.0168. The molecule has 0 aliphatic heterocycles. The second kappa shape index (κ2) is 6.48. The fraction of sp³-hybridized carbons (Fsp3) is 0.167. The molecule has 0 saturated heterocycles. The molecular formula is C24H22N4O. The molecule has 0 unspecified atom stereocenters. The Morgan fingerprint density at radius 2 is 1.79 bits per heavy atom. The molecule has 5 heteroatoms. The van der Waals surface area contributed by atoms with E-state index in [0.717, 1.165) is 29.0 Å². The molecule has 144 valence electrons. The molecule has 5 nitrogen and oxygen atoms in total. The fourth-order valence-corrected chi connectivity index (χ4v) is 4.08. The number of hydrogen-bond donors (Lipinski definition) is 1. The number of amides is 1. The van der Waals surface area contributed by atoms with E-state index in [-0.39, 0.29) is 5.91 Å². The smallest absolute Gasteiger partial charge is 0.253 e. The Hall–Kier alpha value is -3.60. The average Bonchev–Trinajstić information content (AvgIpc) is 3.31. The summed E-state index contributed by atoms with van der Waals surface area (Å²) < 4.78 is 2.34. The molecule has 29 heavy (non-hydrogen) atoms. The van der Waals surface area contributed by atoms with E-state index in [2.05, 4.69) is 58.9 Å². The maximum atomic E-state index is 12.3. The van der Waals surface area contributed by atoms with Crippen LogP contribution in [0.1, 0.15) is 17.3 Å². The van der Waals surface area contributed by atoms with Crippen LogP contribution in [0.15, 0.2) is 60.7 Å². The van der Waals surface area contributed by atoms with Gasteiger partial charge >= 0.3 is 0 Å². The first kappa shape index (κ1) is 17.5. The van der Waals surface area contributed by atoms with Gasteiger partial charge in [-0.25, -0.2) is 4.98 Å². The summed E-state index contributed by atoms with van der Waals surface area (Å²) >= 11 is 0. The van der Waals surface area contributed by atoms with Crippen LogP contribution in [0, 0.1) is 0 Å². The minimum atomic E-state index is -0.0168. The molecule has 2 heterocycles. The summed E-state index contributed by atoms with van der Waals surface area (Å²) in [6.07, 6.45) is 0. The Morgan fingerprint density at radius 3 is 2.59 bits per heavy atom. The van der Waals surface area contributed by atoms with Crippen molar-refractivity contribution in [3.63, 3.8) is 0 Å². The molecule has 1 N–H and O–H groups in total. The third kappa shape index (κ3) is 2.70. The van der Waals surface area contributed by atoms with Crippen molar-refractivity contribution in [3.05, 3.63) is 66.2 Å². The van der Waals surface area contributed by atoms with E-state index in [1.54, 1.807) is 19.0 Å². The Labute approximate surface area is 168 Å². The van der Waals surface area contributed by atoms with Gasteiger partial charge in [-0.2, -0.15) is 0 Å². The van der Waals surface area contributed by atoms with Crippen molar-refractivity contribution >= 4 is 38.7 Å². The number of benzene rings is 3. The van der Waals surface area contributed by atoms with E-state index < -0.39 is 0 Å². The number of carbonyl (C=O) groups excluding carboxylic acids is 1. The summed E-state index contributed by atoms with van der Waals surface area (Å²) in [7, 11) is 3.51.